The van der Waals surface area contributed by atoms with Gasteiger partial charge in [0.1, 0.15) is 5.01 Å². The predicted molar refractivity (Wildman–Crippen MR) is 124 cm³/mol. The third kappa shape index (κ3) is 3.89. The van der Waals surface area contributed by atoms with Gasteiger partial charge < -0.3 is 14.4 Å². The van der Waals surface area contributed by atoms with Gasteiger partial charge in [-0.15, -0.1) is 11.3 Å². The molecule has 5 rings (SSSR count). The van der Waals surface area contributed by atoms with E-state index in [1.165, 1.54) is 11.3 Å². The standard InChI is InChI=1S/C25H22N2O2S/c1-2-27(16-19-6-4-3-5-7-19)20-11-8-18(9-12-20)10-13-25-26-21-14-22-23(29-17-28-22)15-24(21)30-25/h3-15H,2,16-17H2,1H3. The molecule has 0 bridgehead atoms. The van der Waals surface area contributed by atoms with Crippen LogP contribution in [0.15, 0.2) is 66.7 Å². The number of hydrogen-bond acceptors (Lipinski definition) is 5. The predicted octanol–water partition coefficient (Wildman–Crippen LogP) is 6.22. The number of benzene rings is 3. The van der Waals surface area contributed by atoms with Gasteiger partial charge in [0.25, 0.3) is 0 Å². The number of aromatic nitrogens is 1. The van der Waals surface area contributed by atoms with Gasteiger partial charge in [0.15, 0.2) is 11.5 Å². The Morgan fingerprint density at radius 1 is 0.967 bits per heavy atom. The van der Waals surface area contributed by atoms with Crippen LogP contribution in [-0.4, -0.2) is 18.3 Å². The molecule has 1 aliphatic heterocycles. The zero-order chi connectivity index (χ0) is 20.3. The van der Waals surface area contributed by atoms with Gasteiger partial charge in [-0.2, -0.15) is 0 Å². The monoisotopic (exact) mass is 414 g/mol. The number of thiazole rings is 1. The van der Waals surface area contributed by atoms with Crippen LogP contribution in [0.25, 0.3) is 22.4 Å². The summed E-state index contributed by atoms with van der Waals surface area (Å²) in [5.41, 5.74) is 4.65. The first-order chi connectivity index (χ1) is 14.8. The van der Waals surface area contributed by atoms with E-state index in [2.05, 4.69) is 78.6 Å². The minimum atomic E-state index is 0.288. The molecule has 0 N–H and O–H groups in total. The molecular formula is C25H22N2O2S. The minimum Gasteiger partial charge on any atom is -0.454 e. The number of anilines is 1. The lowest BCUT2D eigenvalue weighted by Gasteiger charge is -2.23. The fraction of sp³-hybridized carbons (Fsp3) is 0.160. The van der Waals surface area contributed by atoms with E-state index in [9.17, 15) is 0 Å². The molecule has 0 saturated heterocycles. The molecule has 4 nitrogen and oxygen atoms in total. The number of nitrogens with zero attached hydrogens (tertiary/aromatic N) is 2. The van der Waals surface area contributed by atoms with Crippen molar-refractivity contribution in [1.82, 2.24) is 4.98 Å². The molecule has 0 fully saturated rings. The Bertz CT molecular complexity index is 1140. The van der Waals surface area contributed by atoms with Gasteiger partial charge in [0, 0.05) is 30.9 Å². The topological polar surface area (TPSA) is 34.6 Å². The van der Waals surface area contributed by atoms with Crippen LogP contribution in [0.4, 0.5) is 5.69 Å². The highest BCUT2D eigenvalue weighted by atomic mass is 32.1. The highest BCUT2D eigenvalue weighted by Crippen LogP contribution is 2.38. The number of rotatable bonds is 6. The highest BCUT2D eigenvalue weighted by molar-refractivity contribution is 7.19. The van der Waals surface area contributed by atoms with Crippen molar-refractivity contribution in [2.45, 2.75) is 13.5 Å². The molecule has 0 saturated carbocycles. The van der Waals surface area contributed by atoms with Crippen LogP contribution in [0.2, 0.25) is 0 Å². The molecule has 30 heavy (non-hydrogen) atoms. The summed E-state index contributed by atoms with van der Waals surface area (Å²) in [5, 5.41) is 0.969. The van der Waals surface area contributed by atoms with Crippen molar-refractivity contribution in [1.29, 1.82) is 0 Å². The molecule has 0 amide bonds. The number of hydrogen-bond donors (Lipinski definition) is 0. The molecule has 0 aliphatic carbocycles. The summed E-state index contributed by atoms with van der Waals surface area (Å²) >= 11 is 1.65. The Morgan fingerprint density at radius 2 is 1.73 bits per heavy atom. The van der Waals surface area contributed by atoms with E-state index in [4.69, 9.17) is 14.5 Å². The lowest BCUT2D eigenvalue weighted by molar-refractivity contribution is 0.174. The van der Waals surface area contributed by atoms with Crippen molar-refractivity contribution in [3.63, 3.8) is 0 Å². The second kappa shape index (κ2) is 8.20. The molecular weight excluding hydrogens is 392 g/mol. The molecule has 1 aromatic heterocycles. The largest absolute Gasteiger partial charge is 0.454 e. The van der Waals surface area contributed by atoms with Gasteiger partial charge in [-0.25, -0.2) is 4.98 Å². The van der Waals surface area contributed by atoms with Crippen molar-refractivity contribution in [3.05, 3.63) is 82.9 Å². The second-order valence-corrected chi connectivity index (χ2v) is 8.21. The molecule has 2 heterocycles. The van der Waals surface area contributed by atoms with E-state index in [0.29, 0.717) is 0 Å². The average molecular weight is 415 g/mol. The summed E-state index contributed by atoms with van der Waals surface area (Å²) in [7, 11) is 0. The quantitative estimate of drug-likeness (QED) is 0.375. The fourth-order valence-electron chi connectivity index (χ4n) is 3.56. The lowest BCUT2D eigenvalue weighted by Crippen LogP contribution is -2.21. The van der Waals surface area contributed by atoms with Crippen molar-refractivity contribution in [2.24, 2.45) is 0 Å². The van der Waals surface area contributed by atoms with E-state index in [0.717, 1.165) is 45.4 Å². The Labute approximate surface area is 180 Å². The Hall–Kier alpha value is -3.31. The van der Waals surface area contributed by atoms with Crippen LogP contribution >= 0.6 is 11.3 Å². The SMILES string of the molecule is CCN(Cc1ccccc1)c1ccc(C=Cc2nc3cc4c(cc3s2)OCO4)cc1. The maximum atomic E-state index is 5.46. The Kier molecular flexibility index (Phi) is 5.11. The third-order valence-electron chi connectivity index (χ3n) is 5.17. The molecule has 150 valence electrons. The van der Waals surface area contributed by atoms with Crippen molar-refractivity contribution in [2.75, 3.05) is 18.2 Å². The third-order valence-corrected chi connectivity index (χ3v) is 6.16. The molecule has 3 aromatic carbocycles. The van der Waals surface area contributed by atoms with Gasteiger partial charge in [-0.3, -0.25) is 0 Å². The normalized spacial score (nSPS) is 12.7. The van der Waals surface area contributed by atoms with Crippen LogP contribution in [-0.2, 0) is 6.54 Å². The molecule has 0 atom stereocenters. The summed E-state index contributed by atoms with van der Waals surface area (Å²) < 4.78 is 12.0. The van der Waals surface area contributed by atoms with Crippen LogP contribution in [0, 0.1) is 0 Å². The first-order valence-electron chi connectivity index (χ1n) is 10.1. The molecule has 5 heteroatoms. The maximum Gasteiger partial charge on any atom is 0.231 e. The first kappa shape index (κ1) is 18.7. The lowest BCUT2D eigenvalue weighted by atomic mass is 10.1. The van der Waals surface area contributed by atoms with E-state index in [1.807, 2.05) is 12.1 Å². The summed E-state index contributed by atoms with van der Waals surface area (Å²) in [6, 6.07) is 23.2. The van der Waals surface area contributed by atoms with Gasteiger partial charge in [-0.1, -0.05) is 48.5 Å². The summed E-state index contributed by atoms with van der Waals surface area (Å²) in [6.07, 6.45) is 4.17. The second-order valence-electron chi connectivity index (χ2n) is 7.15. The smallest absolute Gasteiger partial charge is 0.231 e. The molecule has 0 unspecified atom stereocenters. The minimum absolute atomic E-state index is 0.288. The van der Waals surface area contributed by atoms with Crippen molar-refractivity contribution in [3.8, 4) is 11.5 Å². The van der Waals surface area contributed by atoms with Crippen LogP contribution in [0.1, 0.15) is 23.1 Å². The molecule has 1 aliphatic rings. The first-order valence-corrected chi connectivity index (χ1v) is 10.9. The van der Waals surface area contributed by atoms with E-state index < -0.39 is 0 Å². The molecule has 0 spiro atoms. The van der Waals surface area contributed by atoms with E-state index in [-0.39, 0.29) is 6.79 Å². The summed E-state index contributed by atoms with van der Waals surface area (Å²) in [4.78, 5) is 7.07. The molecule has 4 aromatic rings. The molecule has 0 radical (unpaired) electrons. The van der Waals surface area contributed by atoms with Crippen LogP contribution < -0.4 is 14.4 Å². The van der Waals surface area contributed by atoms with Gasteiger partial charge in [-0.05, 0) is 36.3 Å². The fourth-order valence-corrected chi connectivity index (χ4v) is 4.44. The Morgan fingerprint density at radius 3 is 2.50 bits per heavy atom. The van der Waals surface area contributed by atoms with Gasteiger partial charge in [0.05, 0.1) is 10.2 Å². The van der Waals surface area contributed by atoms with Crippen LogP contribution in [0.5, 0.6) is 11.5 Å². The maximum absolute atomic E-state index is 5.46. The number of fused-ring (bicyclic) bond motifs is 2. The van der Waals surface area contributed by atoms with Crippen molar-refractivity contribution >= 4 is 39.4 Å². The van der Waals surface area contributed by atoms with Crippen molar-refractivity contribution < 1.29 is 9.47 Å². The number of ether oxygens (including phenoxy) is 2. The summed E-state index contributed by atoms with van der Waals surface area (Å²) in [6.45, 7) is 4.36. The van der Waals surface area contributed by atoms with Gasteiger partial charge >= 0.3 is 0 Å². The highest BCUT2D eigenvalue weighted by Gasteiger charge is 2.16. The zero-order valence-corrected chi connectivity index (χ0v) is 17.6. The summed E-state index contributed by atoms with van der Waals surface area (Å²) in [5.74, 6) is 1.57. The van der Waals surface area contributed by atoms with E-state index >= 15 is 0 Å². The van der Waals surface area contributed by atoms with E-state index in [1.54, 1.807) is 11.3 Å². The zero-order valence-electron chi connectivity index (χ0n) is 16.7. The van der Waals surface area contributed by atoms with Crippen LogP contribution in [0.3, 0.4) is 0 Å². The Balaban J connectivity index is 1.30. The van der Waals surface area contributed by atoms with Gasteiger partial charge in [0.2, 0.25) is 6.79 Å². The average Bonchev–Trinajstić information content (AvgIpc) is 3.41.